The van der Waals surface area contributed by atoms with Crippen LogP contribution in [0.2, 0.25) is 0 Å². The maximum Gasteiger partial charge on any atom is 0.408 e. The highest BCUT2D eigenvalue weighted by molar-refractivity contribution is 5.80. The molecule has 3 rings (SSSR count). The summed E-state index contributed by atoms with van der Waals surface area (Å²) in [6, 6.07) is 10.0. The second-order valence-electron chi connectivity index (χ2n) is 4.03. The van der Waals surface area contributed by atoms with Crippen LogP contribution in [0.25, 0.3) is 10.9 Å². The van der Waals surface area contributed by atoms with E-state index in [1.54, 1.807) is 0 Å². The standard InChI is InChI=1S/C12H12N2O2/c15-12(16)14-8-6-11(14)13-7-5-9-3-1-2-4-10(9)13/h1-5,7,11H,6,8H2,(H,15,16). The molecule has 16 heavy (non-hydrogen) atoms. The summed E-state index contributed by atoms with van der Waals surface area (Å²) >= 11 is 0. The normalized spacial score (nSPS) is 19.8. The van der Waals surface area contributed by atoms with E-state index >= 15 is 0 Å². The molecule has 1 aromatic carbocycles. The van der Waals surface area contributed by atoms with Gasteiger partial charge in [0, 0.05) is 24.7 Å². The van der Waals surface area contributed by atoms with Crippen LogP contribution in [0.5, 0.6) is 0 Å². The van der Waals surface area contributed by atoms with Gasteiger partial charge in [0.05, 0.1) is 0 Å². The molecule has 82 valence electrons. The summed E-state index contributed by atoms with van der Waals surface area (Å²) < 4.78 is 2.03. The van der Waals surface area contributed by atoms with E-state index < -0.39 is 6.09 Å². The van der Waals surface area contributed by atoms with Crippen molar-refractivity contribution in [3.8, 4) is 0 Å². The van der Waals surface area contributed by atoms with E-state index in [1.807, 2.05) is 41.1 Å². The lowest BCUT2D eigenvalue weighted by Gasteiger charge is -2.39. The van der Waals surface area contributed by atoms with Gasteiger partial charge in [-0.15, -0.1) is 0 Å². The third kappa shape index (κ3) is 1.19. The molecule has 4 nitrogen and oxygen atoms in total. The molecule has 4 heteroatoms. The minimum Gasteiger partial charge on any atom is -0.465 e. The average molecular weight is 216 g/mol. The first kappa shape index (κ1) is 9.27. The van der Waals surface area contributed by atoms with E-state index in [4.69, 9.17) is 5.11 Å². The number of likely N-dealkylation sites (tertiary alicyclic amines) is 1. The van der Waals surface area contributed by atoms with Gasteiger partial charge in [-0.25, -0.2) is 4.79 Å². The summed E-state index contributed by atoms with van der Waals surface area (Å²) in [5.41, 5.74) is 1.10. The number of amides is 1. The first-order valence-electron chi connectivity index (χ1n) is 5.32. The Balaban J connectivity index is 2.03. The third-order valence-corrected chi connectivity index (χ3v) is 3.18. The SMILES string of the molecule is O=C(O)N1CCC1n1ccc2ccccc21. The van der Waals surface area contributed by atoms with Crippen LogP contribution in [0.4, 0.5) is 4.79 Å². The Morgan fingerprint density at radius 1 is 1.31 bits per heavy atom. The lowest BCUT2D eigenvalue weighted by atomic mass is 10.1. The van der Waals surface area contributed by atoms with Gasteiger partial charge < -0.3 is 9.67 Å². The number of carbonyl (C=O) groups is 1. The van der Waals surface area contributed by atoms with Gasteiger partial charge in [0.25, 0.3) is 0 Å². The molecule has 1 aliphatic heterocycles. The van der Waals surface area contributed by atoms with Crippen LogP contribution in [0.1, 0.15) is 12.6 Å². The number of hydrogen-bond donors (Lipinski definition) is 1. The second kappa shape index (κ2) is 3.27. The van der Waals surface area contributed by atoms with Crippen LogP contribution in [0.3, 0.4) is 0 Å². The number of nitrogens with zero attached hydrogens (tertiary/aromatic N) is 2. The monoisotopic (exact) mass is 216 g/mol. The van der Waals surface area contributed by atoms with Crippen molar-refractivity contribution in [2.75, 3.05) is 6.54 Å². The molecule has 0 aliphatic carbocycles. The van der Waals surface area contributed by atoms with E-state index in [0.29, 0.717) is 6.54 Å². The summed E-state index contributed by atoms with van der Waals surface area (Å²) in [6.07, 6.45) is 1.99. The lowest BCUT2D eigenvalue weighted by molar-refractivity contribution is 0.0422. The molecule has 1 atom stereocenters. The molecule has 1 N–H and O–H groups in total. The molecule has 1 unspecified atom stereocenters. The summed E-state index contributed by atoms with van der Waals surface area (Å²) in [4.78, 5) is 12.4. The maximum absolute atomic E-state index is 10.9. The fourth-order valence-corrected chi connectivity index (χ4v) is 2.25. The number of fused-ring (bicyclic) bond motifs is 1. The number of hydrogen-bond acceptors (Lipinski definition) is 1. The van der Waals surface area contributed by atoms with Crippen molar-refractivity contribution in [3.05, 3.63) is 36.5 Å². The topological polar surface area (TPSA) is 45.5 Å². The molecule has 0 spiro atoms. The van der Waals surface area contributed by atoms with Crippen LogP contribution in [0.15, 0.2) is 36.5 Å². The molecule has 2 heterocycles. The second-order valence-corrected chi connectivity index (χ2v) is 4.03. The Morgan fingerprint density at radius 3 is 2.81 bits per heavy atom. The fourth-order valence-electron chi connectivity index (χ4n) is 2.25. The molecular formula is C12H12N2O2. The highest BCUT2D eigenvalue weighted by atomic mass is 16.4. The van der Waals surface area contributed by atoms with Crippen LogP contribution < -0.4 is 0 Å². The van der Waals surface area contributed by atoms with E-state index in [0.717, 1.165) is 17.3 Å². The number of carboxylic acid groups (broad SMARTS) is 1. The molecular weight excluding hydrogens is 204 g/mol. The van der Waals surface area contributed by atoms with Gasteiger partial charge in [-0.05, 0) is 17.5 Å². The first-order chi connectivity index (χ1) is 7.77. The van der Waals surface area contributed by atoms with Gasteiger partial charge in [0.15, 0.2) is 0 Å². The summed E-state index contributed by atoms with van der Waals surface area (Å²) in [6.45, 7) is 0.631. The number of rotatable bonds is 1. The number of benzene rings is 1. The van der Waals surface area contributed by atoms with Crippen molar-refractivity contribution < 1.29 is 9.90 Å². The van der Waals surface area contributed by atoms with E-state index in [9.17, 15) is 4.79 Å². The smallest absolute Gasteiger partial charge is 0.408 e. The van der Waals surface area contributed by atoms with Gasteiger partial charge in [-0.1, -0.05) is 18.2 Å². The number of para-hydroxylation sites is 1. The predicted octanol–water partition coefficient (Wildman–Crippen LogP) is 2.52. The van der Waals surface area contributed by atoms with Crippen LogP contribution in [-0.2, 0) is 0 Å². The third-order valence-electron chi connectivity index (χ3n) is 3.18. The highest BCUT2D eigenvalue weighted by Crippen LogP contribution is 2.31. The van der Waals surface area contributed by atoms with Crippen LogP contribution in [0, 0.1) is 0 Å². The average Bonchev–Trinajstić information content (AvgIpc) is 2.60. The minimum absolute atomic E-state index is 0.0302. The summed E-state index contributed by atoms with van der Waals surface area (Å²) in [5.74, 6) is 0. The summed E-state index contributed by atoms with van der Waals surface area (Å²) in [7, 11) is 0. The van der Waals surface area contributed by atoms with E-state index in [2.05, 4.69) is 0 Å². The summed E-state index contributed by atoms with van der Waals surface area (Å²) in [5, 5.41) is 10.1. The maximum atomic E-state index is 10.9. The molecule has 1 saturated heterocycles. The zero-order valence-electron chi connectivity index (χ0n) is 8.71. The van der Waals surface area contributed by atoms with Crippen LogP contribution in [-0.4, -0.2) is 27.2 Å². The van der Waals surface area contributed by atoms with Crippen molar-refractivity contribution in [1.82, 2.24) is 9.47 Å². The van der Waals surface area contributed by atoms with Crippen molar-refractivity contribution >= 4 is 17.0 Å². The van der Waals surface area contributed by atoms with E-state index in [1.165, 1.54) is 4.90 Å². The molecule has 1 aromatic heterocycles. The highest BCUT2D eigenvalue weighted by Gasteiger charge is 2.33. The van der Waals surface area contributed by atoms with E-state index in [-0.39, 0.29) is 6.17 Å². The molecule has 0 bridgehead atoms. The van der Waals surface area contributed by atoms with Crippen molar-refractivity contribution in [2.24, 2.45) is 0 Å². The largest absolute Gasteiger partial charge is 0.465 e. The molecule has 1 amide bonds. The van der Waals surface area contributed by atoms with Gasteiger partial charge in [-0.3, -0.25) is 4.90 Å². The zero-order chi connectivity index (χ0) is 11.1. The van der Waals surface area contributed by atoms with Gasteiger partial charge in [0.1, 0.15) is 6.17 Å². The Labute approximate surface area is 92.7 Å². The van der Waals surface area contributed by atoms with Gasteiger partial charge in [-0.2, -0.15) is 0 Å². The quantitative estimate of drug-likeness (QED) is 0.796. The molecule has 1 aliphatic rings. The van der Waals surface area contributed by atoms with Crippen molar-refractivity contribution in [3.63, 3.8) is 0 Å². The predicted molar refractivity (Wildman–Crippen MR) is 60.3 cm³/mol. The number of aromatic nitrogens is 1. The minimum atomic E-state index is -0.839. The lowest BCUT2D eigenvalue weighted by Crippen LogP contribution is -2.46. The molecule has 0 radical (unpaired) electrons. The van der Waals surface area contributed by atoms with Crippen LogP contribution >= 0.6 is 0 Å². The fraction of sp³-hybridized carbons (Fsp3) is 0.250. The first-order valence-corrected chi connectivity index (χ1v) is 5.32. The Hall–Kier alpha value is -1.97. The zero-order valence-corrected chi connectivity index (χ0v) is 8.71. The van der Waals surface area contributed by atoms with Crippen molar-refractivity contribution in [2.45, 2.75) is 12.6 Å². The van der Waals surface area contributed by atoms with Gasteiger partial charge >= 0.3 is 6.09 Å². The van der Waals surface area contributed by atoms with Gasteiger partial charge in [0.2, 0.25) is 0 Å². The Bertz CT molecular complexity index is 547. The molecule has 2 aromatic rings. The Kier molecular flexibility index (Phi) is 1.89. The molecule has 0 saturated carbocycles. The molecule has 1 fully saturated rings. The van der Waals surface area contributed by atoms with Crippen molar-refractivity contribution in [1.29, 1.82) is 0 Å². The Morgan fingerprint density at radius 2 is 2.12 bits per heavy atom.